The van der Waals surface area contributed by atoms with Gasteiger partial charge in [0.15, 0.2) is 0 Å². The molecule has 4 rings (SSSR count). The van der Waals surface area contributed by atoms with Gasteiger partial charge in [-0.15, -0.1) is 16.4 Å². The fourth-order valence-corrected chi connectivity index (χ4v) is 4.21. The molecule has 23 heavy (non-hydrogen) atoms. The third-order valence-electron chi connectivity index (χ3n) is 4.31. The van der Waals surface area contributed by atoms with E-state index in [-0.39, 0.29) is 11.9 Å². The van der Waals surface area contributed by atoms with Crippen molar-refractivity contribution in [1.29, 1.82) is 0 Å². The van der Waals surface area contributed by atoms with E-state index in [0.29, 0.717) is 15.4 Å². The van der Waals surface area contributed by atoms with E-state index in [1.807, 2.05) is 19.1 Å². The molecule has 6 heteroatoms. The maximum Gasteiger partial charge on any atom is 0.263 e. The van der Waals surface area contributed by atoms with Gasteiger partial charge < -0.3 is 11.1 Å². The molecule has 3 aromatic rings. The molecule has 0 aliphatic heterocycles. The maximum atomic E-state index is 12.6. The molecule has 0 saturated heterocycles. The fourth-order valence-electron chi connectivity index (χ4n) is 3.20. The lowest BCUT2D eigenvalue weighted by Gasteiger charge is -2.11. The zero-order valence-electron chi connectivity index (χ0n) is 12.7. The summed E-state index contributed by atoms with van der Waals surface area (Å²) in [5, 5.41) is 12.0. The van der Waals surface area contributed by atoms with Crippen molar-refractivity contribution in [2.24, 2.45) is 0 Å². The van der Waals surface area contributed by atoms with Crippen LogP contribution in [0.2, 0.25) is 0 Å². The van der Waals surface area contributed by atoms with Crippen molar-refractivity contribution in [3.63, 3.8) is 0 Å². The summed E-state index contributed by atoms with van der Waals surface area (Å²) in [5.41, 5.74) is 10.2. The molecule has 1 aliphatic carbocycles. The van der Waals surface area contributed by atoms with E-state index in [9.17, 15) is 4.79 Å². The van der Waals surface area contributed by atoms with Crippen LogP contribution in [0.15, 0.2) is 30.5 Å². The number of nitrogen functional groups attached to an aromatic ring is 1. The van der Waals surface area contributed by atoms with Crippen molar-refractivity contribution in [2.75, 3.05) is 5.73 Å². The Morgan fingerprint density at radius 3 is 2.65 bits per heavy atom. The highest BCUT2D eigenvalue weighted by Crippen LogP contribution is 2.34. The zero-order chi connectivity index (χ0) is 16.0. The predicted molar refractivity (Wildman–Crippen MR) is 91.7 cm³/mol. The first-order valence-corrected chi connectivity index (χ1v) is 8.33. The van der Waals surface area contributed by atoms with Crippen molar-refractivity contribution < 1.29 is 4.79 Å². The number of carbonyl (C=O) groups is 1. The minimum absolute atomic E-state index is 0.122. The normalized spacial score (nSPS) is 14.1. The predicted octanol–water partition coefficient (Wildman–Crippen LogP) is 2.48. The van der Waals surface area contributed by atoms with Crippen molar-refractivity contribution in [3.8, 4) is 0 Å². The standard InChI is InChI=1S/C17H16N4OS/c1-9-8-19-21-17-13(9)14(18)15(23-17)16(22)20-12-6-10-4-2-3-5-11(10)7-12/h2-5,8,12H,6-7,18H2,1H3,(H,20,22). The highest BCUT2D eigenvalue weighted by Gasteiger charge is 2.25. The van der Waals surface area contributed by atoms with E-state index in [1.165, 1.54) is 22.5 Å². The molecule has 0 bridgehead atoms. The van der Waals surface area contributed by atoms with Crippen LogP contribution in [-0.4, -0.2) is 22.1 Å². The number of benzene rings is 1. The van der Waals surface area contributed by atoms with Gasteiger partial charge in [-0.1, -0.05) is 24.3 Å². The highest BCUT2D eigenvalue weighted by molar-refractivity contribution is 7.21. The molecule has 0 spiro atoms. The summed E-state index contributed by atoms with van der Waals surface area (Å²) in [7, 11) is 0. The van der Waals surface area contributed by atoms with Gasteiger partial charge in [0, 0.05) is 11.4 Å². The number of rotatable bonds is 2. The van der Waals surface area contributed by atoms with Crippen molar-refractivity contribution in [2.45, 2.75) is 25.8 Å². The number of nitrogens with zero attached hydrogens (tertiary/aromatic N) is 2. The summed E-state index contributed by atoms with van der Waals surface area (Å²) in [4.78, 5) is 13.9. The molecule has 1 amide bonds. The quantitative estimate of drug-likeness (QED) is 0.759. The molecule has 3 N–H and O–H groups in total. The SMILES string of the molecule is Cc1cnnc2sc(C(=O)NC3Cc4ccccc4C3)c(N)c12. The Bertz CT molecular complexity index is 893. The summed E-state index contributed by atoms with van der Waals surface area (Å²) in [6.07, 6.45) is 3.40. The molecule has 0 saturated carbocycles. The number of hydrogen-bond acceptors (Lipinski definition) is 5. The molecular weight excluding hydrogens is 308 g/mol. The van der Waals surface area contributed by atoms with Crippen LogP contribution >= 0.6 is 11.3 Å². The fraction of sp³-hybridized carbons (Fsp3) is 0.235. The Balaban J connectivity index is 1.59. The molecule has 0 atom stereocenters. The van der Waals surface area contributed by atoms with Crippen LogP contribution in [0.4, 0.5) is 5.69 Å². The monoisotopic (exact) mass is 324 g/mol. The number of hydrogen-bond donors (Lipinski definition) is 2. The first-order valence-electron chi connectivity index (χ1n) is 7.51. The lowest BCUT2D eigenvalue weighted by atomic mass is 10.1. The second kappa shape index (κ2) is 5.31. The van der Waals surface area contributed by atoms with Gasteiger partial charge in [0.25, 0.3) is 5.91 Å². The number of fused-ring (bicyclic) bond motifs is 2. The van der Waals surface area contributed by atoms with E-state index in [0.717, 1.165) is 23.8 Å². The lowest BCUT2D eigenvalue weighted by molar-refractivity contribution is 0.0943. The summed E-state index contributed by atoms with van der Waals surface area (Å²) >= 11 is 1.30. The molecule has 1 aromatic carbocycles. The Morgan fingerprint density at radius 1 is 1.30 bits per heavy atom. The van der Waals surface area contributed by atoms with Crippen LogP contribution in [0, 0.1) is 6.92 Å². The van der Waals surface area contributed by atoms with Crippen LogP contribution < -0.4 is 11.1 Å². The van der Waals surface area contributed by atoms with Gasteiger partial charge in [0.2, 0.25) is 0 Å². The summed E-state index contributed by atoms with van der Waals surface area (Å²) in [6, 6.07) is 8.43. The maximum absolute atomic E-state index is 12.6. The molecule has 116 valence electrons. The van der Waals surface area contributed by atoms with Crippen molar-refractivity contribution >= 4 is 33.1 Å². The third-order valence-corrected chi connectivity index (χ3v) is 5.40. The minimum Gasteiger partial charge on any atom is -0.397 e. The summed E-state index contributed by atoms with van der Waals surface area (Å²) in [5.74, 6) is -0.122. The van der Waals surface area contributed by atoms with Crippen molar-refractivity contribution in [3.05, 3.63) is 52.0 Å². The molecule has 1 aliphatic rings. The Labute approximate surface area is 137 Å². The number of aromatic nitrogens is 2. The second-order valence-electron chi connectivity index (χ2n) is 5.90. The van der Waals surface area contributed by atoms with E-state index >= 15 is 0 Å². The van der Waals surface area contributed by atoms with Crippen LogP contribution in [0.25, 0.3) is 10.2 Å². The Hall–Kier alpha value is -2.47. The number of thiophene rings is 1. The van der Waals surface area contributed by atoms with Crippen LogP contribution in [-0.2, 0) is 12.8 Å². The van der Waals surface area contributed by atoms with Gasteiger partial charge in [-0.2, -0.15) is 5.10 Å². The van der Waals surface area contributed by atoms with E-state index in [1.54, 1.807) is 6.20 Å². The topological polar surface area (TPSA) is 80.9 Å². The molecule has 0 unspecified atom stereocenters. The van der Waals surface area contributed by atoms with Crippen LogP contribution in [0.3, 0.4) is 0 Å². The summed E-state index contributed by atoms with van der Waals surface area (Å²) in [6.45, 7) is 1.93. The van der Waals surface area contributed by atoms with Crippen molar-refractivity contribution in [1.82, 2.24) is 15.5 Å². The Kier molecular flexibility index (Phi) is 3.27. The van der Waals surface area contributed by atoms with Gasteiger partial charge >= 0.3 is 0 Å². The van der Waals surface area contributed by atoms with E-state index < -0.39 is 0 Å². The van der Waals surface area contributed by atoms with E-state index in [2.05, 4.69) is 27.6 Å². The lowest BCUT2D eigenvalue weighted by Crippen LogP contribution is -2.35. The first-order chi connectivity index (χ1) is 11.1. The smallest absolute Gasteiger partial charge is 0.263 e. The molecule has 5 nitrogen and oxygen atoms in total. The van der Waals surface area contributed by atoms with Gasteiger partial charge in [0.05, 0.1) is 11.9 Å². The number of aryl methyl sites for hydroxylation is 1. The largest absolute Gasteiger partial charge is 0.397 e. The molecular formula is C17H16N4OS. The molecule has 2 heterocycles. The van der Waals surface area contributed by atoms with Gasteiger partial charge in [-0.3, -0.25) is 4.79 Å². The molecule has 0 radical (unpaired) electrons. The number of nitrogens with two attached hydrogens (primary N) is 1. The molecule has 0 fully saturated rings. The number of anilines is 1. The second-order valence-corrected chi connectivity index (χ2v) is 6.90. The average Bonchev–Trinajstić information content (AvgIpc) is 3.08. The first kappa shape index (κ1) is 14.1. The Morgan fingerprint density at radius 2 is 2.00 bits per heavy atom. The number of amides is 1. The van der Waals surface area contributed by atoms with Crippen LogP contribution in [0.5, 0.6) is 0 Å². The van der Waals surface area contributed by atoms with Crippen LogP contribution in [0.1, 0.15) is 26.4 Å². The number of carbonyl (C=O) groups excluding carboxylic acids is 1. The highest BCUT2D eigenvalue weighted by atomic mass is 32.1. The van der Waals surface area contributed by atoms with E-state index in [4.69, 9.17) is 5.73 Å². The third kappa shape index (κ3) is 2.35. The summed E-state index contributed by atoms with van der Waals surface area (Å²) < 4.78 is 0. The minimum atomic E-state index is -0.122. The average molecular weight is 324 g/mol. The zero-order valence-corrected chi connectivity index (χ0v) is 13.5. The van der Waals surface area contributed by atoms with Gasteiger partial charge in [-0.05, 0) is 36.5 Å². The number of nitrogens with one attached hydrogen (secondary N) is 1. The molecule has 2 aromatic heterocycles. The van der Waals surface area contributed by atoms with Gasteiger partial charge in [0.1, 0.15) is 9.71 Å². The van der Waals surface area contributed by atoms with Gasteiger partial charge in [-0.25, -0.2) is 0 Å².